The Morgan fingerprint density at radius 2 is 2.44 bits per heavy atom. The van der Waals surface area contributed by atoms with E-state index in [-0.39, 0.29) is 24.6 Å². The fraction of sp³-hybridized carbons (Fsp3) is 0.500. The third-order valence-corrected chi connectivity index (χ3v) is 3.27. The van der Waals surface area contributed by atoms with Gasteiger partial charge in [0.1, 0.15) is 11.9 Å². The Morgan fingerprint density at radius 3 is 3.17 bits per heavy atom. The summed E-state index contributed by atoms with van der Waals surface area (Å²) in [6.07, 6.45) is 2.75. The molecule has 1 aliphatic rings. The molecule has 0 spiro atoms. The Bertz CT molecular complexity index is 631. The van der Waals surface area contributed by atoms with Crippen LogP contribution in [0.4, 0.5) is 0 Å². The van der Waals surface area contributed by atoms with Crippen LogP contribution in [0.15, 0.2) is 17.1 Å². The number of fused-ring (bicyclic) bond motifs is 1. The van der Waals surface area contributed by atoms with E-state index in [0.717, 1.165) is 23.9 Å². The zero-order chi connectivity index (χ0) is 12.7. The second-order valence-electron chi connectivity index (χ2n) is 4.66. The van der Waals surface area contributed by atoms with Gasteiger partial charge in [-0.15, -0.1) is 0 Å². The molecular weight excluding hydrogens is 234 g/mol. The number of aliphatic hydroxyl groups is 1. The largest absolute Gasteiger partial charge is 0.394 e. The van der Waals surface area contributed by atoms with Crippen molar-refractivity contribution in [2.75, 3.05) is 6.61 Å². The fourth-order valence-corrected chi connectivity index (χ4v) is 2.38. The number of aromatic amines is 1. The summed E-state index contributed by atoms with van der Waals surface area (Å²) in [7, 11) is 0. The van der Waals surface area contributed by atoms with Crippen molar-refractivity contribution in [3.05, 3.63) is 28.4 Å². The van der Waals surface area contributed by atoms with Crippen LogP contribution in [0.3, 0.4) is 0 Å². The molecule has 0 saturated carbocycles. The van der Waals surface area contributed by atoms with E-state index in [4.69, 9.17) is 9.84 Å². The summed E-state index contributed by atoms with van der Waals surface area (Å²) in [5, 5.41) is 9.93. The molecule has 3 rings (SSSR count). The van der Waals surface area contributed by atoms with Crippen molar-refractivity contribution in [2.45, 2.75) is 32.1 Å². The highest BCUT2D eigenvalue weighted by Gasteiger charge is 2.27. The van der Waals surface area contributed by atoms with Crippen LogP contribution >= 0.6 is 0 Å². The number of hydrogen-bond acceptors (Lipinski definition) is 4. The molecule has 3 heterocycles. The first kappa shape index (κ1) is 11.4. The molecule has 2 aromatic heterocycles. The van der Waals surface area contributed by atoms with Gasteiger partial charge in [0.2, 0.25) is 0 Å². The molecule has 0 aliphatic carbocycles. The fourth-order valence-electron chi connectivity index (χ4n) is 2.38. The molecule has 1 aliphatic heterocycles. The van der Waals surface area contributed by atoms with Crippen LogP contribution in [0.1, 0.15) is 24.8 Å². The first-order valence-electron chi connectivity index (χ1n) is 6.02. The van der Waals surface area contributed by atoms with Gasteiger partial charge in [-0.25, -0.2) is 4.79 Å². The lowest BCUT2D eigenvalue weighted by molar-refractivity contribution is -0.0243. The minimum Gasteiger partial charge on any atom is -0.394 e. The van der Waals surface area contributed by atoms with Gasteiger partial charge < -0.3 is 14.8 Å². The number of nitrogens with zero attached hydrogens (tertiary/aromatic N) is 2. The molecule has 0 unspecified atom stereocenters. The van der Waals surface area contributed by atoms with Gasteiger partial charge in [-0.05, 0) is 25.8 Å². The smallest absolute Gasteiger partial charge is 0.351 e. The quantitative estimate of drug-likeness (QED) is 0.821. The maximum Gasteiger partial charge on any atom is 0.351 e. The molecule has 0 radical (unpaired) electrons. The van der Waals surface area contributed by atoms with E-state index in [1.807, 2.05) is 13.0 Å². The van der Waals surface area contributed by atoms with E-state index < -0.39 is 0 Å². The van der Waals surface area contributed by atoms with Crippen molar-refractivity contribution in [3.8, 4) is 0 Å². The van der Waals surface area contributed by atoms with E-state index in [1.165, 1.54) is 4.57 Å². The monoisotopic (exact) mass is 249 g/mol. The van der Waals surface area contributed by atoms with Crippen molar-refractivity contribution in [1.29, 1.82) is 0 Å². The van der Waals surface area contributed by atoms with Crippen LogP contribution < -0.4 is 5.69 Å². The molecule has 6 heteroatoms. The van der Waals surface area contributed by atoms with Crippen LogP contribution in [0.2, 0.25) is 0 Å². The lowest BCUT2D eigenvalue weighted by atomic mass is 10.2. The van der Waals surface area contributed by atoms with Crippen molar-refractivity contribution < 1.29 is 9.84 Å². The lowest BCUT2D eigenvalue weighted by Gasteiger charge is -2.14. The first-order valence-corrected chi connectivity index (χ1v) is 6.02. The highest BCUT2D eigenvalue weighted by Crippen LogP contribution is 2.27. The second-order valence-corrected chi connectivity index (χ2v) is 4.66. The second kappa shape index (κ2) is 4.22. The summed E-state index contributed by atoms with van der Waals surface area (Å²) in [5.41, 5.74) is 1.24. The molecule has 1 fully saturated rings. The summed E-state index contributed by atoms with van der Waals surface area (Å²) in [6, 6.07) is 1.94. The van der Waals surface area contributed by atoms with Crippen molar-refractivity contribution >= 4 is 11.0 Å². The number of ether oxygens (including phenoxy) is 1. The molecule has 1 saturated heterocycles. The Kier molecular flexibility index (Phi) is 2.68. The van der Waals surface area contributed by atoms with Gasteiger partial charge in [0.15, 0.2) is 0 Å². The van der Waals surface area contributed by atoms with Crippen molar-refractivity contribution in [3.63, 3.8) is 0 Å². The Labute approximate surface area is 103 Å². The molecule has 2 aromatic rings. The summed E-state index contributed by atoms with van der Waals surface area (Å²) in [6.45, 7) is 1.91. The number of aliphatic hydroxyl groups excluding tert-OH is 1. The summed E-state index contributed by atoms with van der Waals surface area (Å²) < 4.78 is 7.10. The minimum absolute atomic E-state index is 0.00974. The van der Waals surface area contributed by atoms with Crippen LogP contribution in [-0.2, 0) is 4.74 Å². The molecule has 2 N–H and O–H groups in total. The average molecular weight is 249 g/mol. The third kappa shape index (κ3) is 1.83. The van der Waals surface area contributed by atoms with Gasteiger partial charge in [-0.1, -0.05) is 0 Å². The number of aryl methyl sites for hydroxylation is 1. The highest BCUT2D eigenvalue weighted by atomic mass is 16.5. The maximum absolute atomic E-state index is 11.9. The van der Waals surface area contributed by atoms with Crippen LogP contribution in [0.5, 0.6) is 0 Å². The molecular formula is C12H15N3O3. The van der Waals surface area contributed by atoms with E-state index in [2.05, 4.69) is 9.97 Å². The van der Waals surface area contributed by atoms with Gasteiger partial charge in [0, 0.05) is 17.3 Å². The average Bonchev–Trinajstić information content (AvgIpc) is 2.92. The van der Waals surface area contributed by atoms with Crippen molar-refractivity contribution in [2.24, 2.45) is 0 Å². The minimum atomic E-state index is -0.326. The molecule has 0 amide bonds. The molecule has 6 nitrogen and oxygen atoms in total. The predicted octanol–water partition coefficient (Wildman–Crippen LogP) is 0.703. The number of hydrogen-bond donors (Lipinski definition) is 2. The predicted molar refractivity (Wildman–Crippen MR) is 65.3 cm³/mol. The number of nitrogens with one attached hydrogen (secondary N) is 1. The molecule has 0 aromatic carbocycles. The standard InChI is InChI=1S/C12H15N3O3/c1-7-4-8-5-15(12(17)14-11(8)13-7)10-3-2-9(6-16)18-10/h4-5,9-10,16H,2-3,6H2,1H3,(H,13,14,17)/t9-,10+/m0/s1. The van der Waals surface area contributed by atoms with Crippen LogP contribution in [0.25, 0.3) is 11.0 Å². The number of H-pyrrole nitrogens is 1. The van der Waals surface area contributed by atoms with E-state index in [1.54, 1.807) is 6.20 Å². The molecule has 18 heavy (non-hydrogen) atoms. The van der Waals surface area contributed by atoms with Gasteiger partial charge >= 0.3 is 5.69 Å². The maximum atomic E-state index is 11.9. The topological polar surface area (TPSA) is 80.1 Å². The third-order valence-electron chi connectivity index (χ3n) is 3.27. The van der Waals surface area contributed by atoms with E-state index in [0.29, 0.717) is 5.65 Å². The lowest BCUT2D eigenvalue weighted by Crippen LogP contribution is -2.27. The van der Waals surface area contributed by atoms with Gasteiger partial charge in [-0.3, -0.25) is 4.57 Å². The van der Waals surface area contributed by atoms with Gasteiger partial charge in [0.25, 0.3) is 0 Å². The van der Waals surface area contributed by atoms with Gasteiger partial charge in [0.05, 0.1) is 12.7 Å². The van der Waals surface area contributed by atoms with Crippen LogP contribution in [0, 0.1) is 6.92 Å². The summed E-state index contributed by atoms with van der Waals surface area (Å²) in [4.78, 5) is 18.9. The normalized spacial score (nSPS) is 23.9. The number of rotatable bonds is 2. The highest BCUT2D eigenvalue weighted by molar-refractivity contribution is 5.75. The summed E-state index contributed by atoms with van der Waals surface area (Å²) >= 11 is 0. The van der Waals surface area contributed by atoms with E-state index in [9.17, 15) is 4.79 Å². The number of aromatic nitrogens is 3. The summed E-state index contributed by atoms with van der Waals surface area (Å²) in [5.74, 6) is 0. The van der Waals surface area contributed by atoms with Crippen LogP contribution in [-0.4, -0.2) is 32.4 Å². The van der Waals surface area contributed by atoms with Gasteiger partial charge in [-0.2, -0.15) is 4.98 Å². The zero-order valence-electron chi connectivity index (χ0n) is 10.1. The first-order chi connectivity index (χ1) is 8.67. The molecule has 2 atom stereocenters. The molecule has 96 valence electrons. The Morgan fingerprint density at radius 1 is 1.61 bits per heavy atom. The zero-order valence-corrected chi connectivity index (χ0v) is 10.1. The Balaban J connectivity index is 2.01. The Hall–Kier alpha value is -1.66. The van der Waals surface area contributed by atoms with Crippen molar-refractivity contribution in [1.82, 2.24) is 14.5 Å². The SMILES string of the molecule is Cc1cc2cn([C@H]3CC[C@@H](CO)O3)c(=O)nc2[nH]1. The van der Waals surface area contributed by atoms with E-state index >= 15 is 0 Å². The molecule has 0 bridgehead atoms.